The molecule has 1 N–H and O–H groups in total. The molecule has 0 aliphatic carbocycles. The van der Waals surface area contributed by atoms with Crippen LogP contribution in [-0.2, 0) is 0 Å². The number of halogens is 1. The molecule has 0 bridgehead atoms. The quantitative estimate of drug-likeness (QED) is 0.493. The summed E-state index contributed by atoms with van der Waals surface area (Å²) in [5, 5.41) is 13.9. The van der Waals surface area contributed by atoms with E-state index >= 15 is 0 Å². The van der Waals surface area contributed by atoms with Gasteiger partial charge in [0, 0.05) is 23.1 Å². The minimum atomic E-state index is -0.742. The van der Waals surface area contributed by atoms with Crippen LogP contribution in [0.4, 0.5) is 15.8 Å². The molecular weight excluding hydrogens is 283 g/mol. The van der Waals surface area contributed by atoms with E-state index < -0.39 is 10.7 Å². The van der Waals surface area contributed by atoms with Crippen molar-refractivity contribution in [2.24, 2.45) is 0 Å². The van der Waals surface area contributed by atoms with E-state index in [9.17, 15) is 14.5 Å². The summed E-state index contributed by atoms with van der Waals surface area (Å²) in [6, 6.07) is 2.19. The van der Waals surface area contributed by atoms with Gasteiger partial charge in [0.25, 0.3) is 5.69 Å². The summed E-state index contributed by atoms with van der Waals surface area (Å²) in [4.78, 5) is 10.3. The van der Waals surface area contributed by atoms with Crippen molar-refractivity contribution in [3.05, 3.63) is 28.1 Å². The Balaban J connectivity index is 2.79. The summed E-state index contributed by atoms with van der Waals surface area (Å²) in [7, 11) is 1.32. The van der Waals surface area contributed by atoms with Crippen LogP contribution >= 0.6 is 11.8 Å². The molecule has 1 aromatic rings. The Morgan fingerprint density at radius 2 is 2.10 bits per heavy atom. The average Bonchev–Trinajstić information content (AvgIpc) is 2.34. The van der Waals surface area contributed by atoms with E-state index in [1.54, 1.807) is 11.8 Å². The third-order valence-corrected chi connectivity index (χ3v) is 3.69. The SMILES string of the molecule is COc1cc(NCCSC(C)(C)C)c([N+](=O)[O-])cc1F. The van der Waals surface area contributed by atoms with Gasteiger partial charge in [0.1, 0.15) is 5.69 Å². The van der Waals surface area contributed by atoms with Crippen molar-refractivity contribution in [1.29, 1.82) is 0 Å². The van der Waals surface area contributed by atoms with Crippen molar-refractivity contribution in [3.8, 4) is 5.75 Å². The van der Waals surface area contributed by atoms with Crippen LogP contribution < -0.4 is 10.1 Å². The fourth-order valence-electron chi connectivity index (χ4n) is 1.53. The number of nitrogens with zero attached hydrogens (tertiary/aromatic N) is 1. The molecular formula is C13H19FN2O3S. The lowest BCUT2D eigenvalue weighted by Gasteiger charge is -2.17. The molecule has 0 unspecified atom stereocenters. The van der Waals surface area contributed by atoms with Crippen LogP contribution in [0.25, 0.3) is 0 Å². The lowest BCUT2D eigenvalue weighted by atomic mass is 10.2. The molecule has 0 saturated heterocycles. The number of nitro benzene ring substituents is 1. The second kappa shape index (κ2) is 6.78. The Hall–Kier alpha value is -1.50. The Morgan fingerprint density at radius 1 is 1.45 bits per heavy atom. The fourth-order valence-corrected chi connectivity index (χ4v) is 2.35. The summed E-state index contributed by atoms with van der Waals surface area (Å²) in [5.41, 5.74) is -0.0215. The highest BCUT2D eigenvalue weighted by molar-refractivity contribution is 8.00. The Morgan fingerprint density at radius 3 is 2.60 bits per heavy atom. The molecule has 0 radical (unpaired) electrons. The Bertz CT molecular complexity index is 489. The van der Waals surface area contributed by atoms with Crippen LogP contribution in [0, 0.1) is 15.9 Å². The highest BCUT2D eigenvalue weighted by atomic mass is 32.2. The summed E-state index contributed by atoms with van der Waals surface area (Å²) >= 11 is 1.74. The zero-order valence-corrected chi connectivity index (χ0v) is 12.8. The second-order valence-electron chi connectivity index (χ2n) is 5.15. The van der Waals surface area contributed by atoms with Crippen molar-refractivity contribution >= 4 is 23.1 Å². The Kier molecular flexibility index (Phi) is 5.62. The van der Waals surface area contributed by atoms with Gasteiger partial charge >= 0.3 is 0 Å². The minimum absolute atomic E-state index is 0.0124. The predicted octanol–water partition coefficient (Wildman–Crippen LogP) is 3.69. The monoisotopic (exact) mass is 302 g/mol. The summed E-state index contributed by atoms with van der Waals surface area (Å²) in [6.07, 6.45) is 0. The largest absolute Gasteiger partial charge is 0.494 e. The number of methoxy groups -OCH3 is 1. The second-order valence-corrected chi connectivity index (χ2v) is 7.07. The average molecular weight is 302 g/mol. The normalized spacial score (nSPS) is 11.2. The molecule has 0 aliphatic heterocycles. The van der Waals surface area contributed by atoms with Gasteiger partial charge in [0.05, 0.1) is 18.1 Å². The van der Waals surface area contributed by atoms with Crippen molar-refractivity contribution in [2.45, 2.75) is 25.5 Å². The molecule has 20 heavy (non-hydrogen) atoms. The fraction of sp³-hybridized carbons (Fsp3) is 0.538. The first-order valence-electron chi connectivity index (χ1n) is 6.14. The van der Waals surface area contributed by atoms with Crippen molar-refractivity contribution in [3.63, 3.8) is 0 Å². The van der Waals surface area contributed by atoms with E-state index in [1.807, 2.05) is 0 Å². The first kappa shape index (κ1) is 16.6. The molecule has 0 saturated carbocycles. The highest BCUT2D eigenvalue weighted by Crippen LogP contribution is 2.32. The van der Waals surface area contributed by atoms with E-state index in [4.69, 9.17) is 4.74 Å². The van der Waals surface area contributed by atoms with Crippen LogP contribution in [-0.4, -0.2) is 29.1 Å². The molecule has 0 heterocycles. The zero-order chi connectivity index (χ0) is 15.3. The third kappa shape index (κ3) is 4.88. The molecule has 0 aliphatic rings. The molecule has 7 heteroatoms. The number of nitro groups is 1. The van der Waals surface area contributed by atoms with Crippen LogP contribution in [0.1, 0.15) is 20.8 Å². The number of ether oxygens (including phenoxy) is 1. The van der Waals surface area contributed by atoms with Gasteiger partial charge < -0.3 is 10.1 Å². The molecule has 112 valence electrons. The maximum absolute atomic E-state index is 13.5. The molecule has 0 fully saturated rings. The summed E-state index contributed by atoms with van der Waals surface area (Å²) in [6.45, 7) is 6.85. The molecule has 0 spiro atoms. The van der Waals surface area contributed by atoms with E-state index in [0.29, 0.717) is 6.54 Å². The molecule has 0 amide bonds. The first-order chi connectivity index (χ1) is 9.24. The number of benzene rings is 1. The van der Waals surface area contributed by atoms with Crippen LogP contribution in [0.3, 0.4) is 0 Å². The standard InChI is InChI=1S/C13H19FN2O3S/c1-13(2,3)20-6-5-15-10-8-12(19-4)9(14)7-11(10)16(17)18/h7-8,15H,5-6H2,1-4H3. The van der Waals surface area contributed by atoms with Crippen molar-refractivity contribution < 1.29 is 14.1 Å². The number of thioether (sulfide) groups is 1. The van der Waals surface area contributed by atoms with Crippen molar-refractivity contribution in [2.75, 3.05) is 24.7 Å². The first-order valence-corrected chi connectivity index (χ1v) is 7.13. The van der Waals surface area contributed by atoms with Gasteiger partial charge in [-0.1, -0.05) is 20.8 Å². The van der Waals surface area contributed by atoms with E-state index in [0.717, 1.165) is 11.8 Å². The number of rotatable bonds is 6. The van der Waals surface area contributed by atoms with Crippen LogP contribution in [0.2, 0.25) is 0 Å². The van der Waals surface area contributed by atoms with Crippen LogP contribution in [0.15, 0.2) is 12.1 Å². The molecule has 0 atom stereocenters. The number of hydrogen-bond acceptors (Lipinski definition) is 5. The van der Waals surface area contributed by atoms with Gasteiger partial charge in [-0.25, -0.2) is 4.39 Å². The molecule has 1 aromatic carbocycles. The highest BCUT2D eigenvalue weighted by Gasteiger charge is 2.19. The maximum atomic E-state index is 13.5. The third-order valence-electron chi connectivity index (χ3n) is 2.42. The molecule has 5 nitrogen and oxygen atoms in total. The summed E-state index contributed by atoms with van der Waals surface area (Å²) in [5.74, 6) is 0.0377. The summed E-state index contributed by atoms with van der Waals surface area (Å²) < 4.78 is 18.4. The van der Waals surface area contributed by atoms with Crippen LogP contribution in [0.5, 0.6) is 5.75 Å². The number of nitrogens with one attached hydrogen (secondary N) is 1. The van der Waals surface area contributed by atoms with E-state index in [1.165, 1.54) is 13.2 Å². The minimum Gasteiger partial charge on any atom is -0.494 e. The van der Waals surface area contributed by atoms with Gasteiger partial charge in [0.15, 0.2) is 11.6 Å². The van der Waals surface area contributed by atoms with Gasteiger partial charge in [-0.3, -0.25) is 10.1 Å². The van der Waals surface area contributed by atoms with Gasteiger partial charge in [-0.15, -0.1) is 0 Å². The lowest BCUT2D eigenvalue weighted by Crippen LogP contribution is -2.13. The Labute approximate surface area is 122 Å². The zero-order valence-electron chi connectivity index (χ0n) is 12.0. The van der Waals surface area contributed by atoms with E-state index in [-0.39, 0.29) is 21.9 Å². The van der Waals surface area contributed by atoms with Gasteiger partial charge in [0.2, 0.25) is 0 Å². The van der Waals surface area contributed by atoms with Crippen molar-refractivity contribution in [1.82, 2.24) is 0 Å². The number of hydrogen-bond donors (Lipinski definition) is 1. The lowest BCUT2D eigenvalue weighted by molar-refractivity contribution is -0.384. The topological polar surface area (TPSA) is 64.4 Å². The molecule has 0 aromatic heterocycles. The predicted molar refractivity (Wildman–Crippen MR) is 80.3 cm³/mol. The smallest absolute Gasteiger partial charge is 0.295 e. The van der Waals surface area contributed by atoms with Gasteiger partial charge in [-0.05, 0) is 0 Å². The molecule has 1 rings (SSSR count). The maximum Gasteiger partial charge on any atom is 0.295 e. The van der Waals surface area contributed by atoms with Gasteiger partial charge in [-0.2, -0.15) is 11.8 Å². The number of anilines is 1. The van der Waals surface area contributed by atoms with E-state index in [2.05, 4.69) is 26.1 Å².